The van der Waals surface area contributed by atoms with E-state index in [1.165, 1.54) is 0 Å². The number of aryl methyl sites for hydroxylation is 2. The number of hydrogen-bond acceptors (Lipinski definition) is 3. The molecule has 0 spiro atoms. The molecule has 0 radical (unpaired) electrons. The van der Waals surface area contributed by atoms with E-state index in [0.717, 1.165) is 37.3 Å². The van der Waals surface area contributed by atoms with Crippen molar-refractivity contribution in [1.29, 1.82) is 0 Å². The zero-order chi connectivity index (χ0) is 11.7. The molecule has 88 valence electrons. The molecule has 1 unspecified atom stereocenters. The standard InChI is InChI=1S/C11H17N3O2/c1-3-8-12-9(4-2)14(13-8)10(11(15)16)7-5-6-7/h7,10H,3-6H2,1-2H3,(H,15,16). The normalized spacial score (nSPS) is 17.4. The SMILES string of the molecule is CCc1nc(CC)n(C(C(=O)O)C2CC2)n1. The second kappa shape index (κ2) is 4.23. The van der Waals surface area contributed by atoms with E-state index in [2.05, 4.69) is 10.1 Å². The third-order valence-electron chi connectivity index (χ3n) is 2.96. The molecule has 1 N–H and O–H groups in total. The van der Waals surface area contributed by atoms with Gasteiger partial charge in [0.15, 0.2) is 11.9 Å². The maximum atomic E-state index is 11.3. The molecule has 0 bridgehead atoms. The van der Waals surface area contributed by atoms with Gasteiger partial charge in [-0.2, -0.15) is 5.10 Å². The Balaban J connectivity index is 2.35. The lowest BCUT2D eigenvalue weighted by Gasteiger charge is -2.13. The highest BCUT2D eigenvalue weighted by Gasteiger charge is 2.39. The number of rotatable bonds is 5. The van der Waals surface area contributed by atoms with Crippen LogP contribution < -0.4 is 0 Å². The van der Waals surface area contributed by atoms with E-state index in [0.29, 0.717) is 0 Å². The summed E-state index contributed by atoms with van der Waals surface area (Å²) in [5.41, 5.74) is 0. The van der Waals surface area contributed by atoms with Crippen LogP contribution in [0.1, 0.15) is 44.4 Å². The van der Waals surface area contributed by atoms with Crippen molar-refractivity contribution in [3.63, 3.8) is 0 Å². The topological polar surface area (TPSA) is 68.0 Å². The predicted molar refractivity (Wildman–Crippen MR) is 58.2 cm³/mol. The molecule has 0 aliphatic heterocycles. The van der Waals surface area contributed by atoms with Crippen molar-refractivity contribution < 1.29 is 9.90 Å². The average Bonchev–Trinajstić information content (AvgIpc) is 2.98. The summed E-state index contributed by atoms with van der Waals surface area (Å²) in [6.07, 6.45) is 3.45. The smallest absolute Gasteiger partial charge is 0.328 e. The highest BCUT2D eigenvalue weighted by molar-refractivity contribution is 5.72. The van der Waals surface area contributed by atoms with Gasteiger partial charge < -0.3 is 5.11 Å². The van der Waals surface area contributed by atoms with E-state index in [9.17, 15) is 9.90 Å². The number of aromatic nitrogens is 3. The molecular weight excluding hydrogens is 206 g/mol. The maximum Gasteiger partial charge on any atom is 0.328 e. The van der Waals surface area contributed by atoms with Gasteiger partial charge in [-0.1, -0.05) is 13.8 Å². The molecule has 1 aliphatic rings. The van der Waals surface area contributed by atoms with Gasteiger partial charge in [0.25, 0.3) is 0 Å². The first-order valence-corrected chi connectivity index (χ1v) is 5.84. The highest BCUT2D eigenvalue weighted by atomic mass is 16.4. The van der Waals surface area contributed by atoms with Crippen molar-refractivity contribution in [1.82, 2.24) is 14.8 Å². The summed E-state index contributed by atoms with van der Waals surface area (Å²) in [7, 11) is 0. The molecule has 5 nitrogen and oxygen atoms in total. The van der Waals surface area contributed by atoms with Gasteiger partial charge in [-0.25, -0.2) is 14.5 Å². The van der Waals surface area contributed by atoms with Crippen LogP contribution in [0.25, 0.3) is 0 Å². The Bertz CT molecular complexity index is 396. The lowest BCUT2D eigenvalue weighted by Crippen LogP contribution is -2.24. The Kier molecular flexibility index (Phi) is 2.94. The van der Waals surface area contributed by atoms with Crippen LogP contribution in [0.4, 0.5) is 0 Å². The van der Waals surface area contributed by atoms with Crippen molar-refractivity contribution in [2.24, 2.45) is 5.92 Å². The molecular formula is C11H17N3O2. The van der Waals surface area contributed by atoms with Gasteiger partial charge in [0.2, 0.25) is 0 Å². The Hall–Kier alpha value is -1.39. The Morgan fingerprint density at radius 2 is 2.19 bits per heavy atom. The Morgan fingerprint density at radius 3 is 2.62 bits per heavy atom. The van der Waals surface area contributed by atoms with Crippen molar-refractivity contribution in [3.8, 4) is 0 Å². The molecule has 1 fully saturated rings. The molecule has 0 aromatic carbocycles. The second-order valence-corrected chi connectivity index (χ2v) is 4.22. The molecule has 0 amide bonds. The fourth-order valence-corrected chi connectivity index (χ4v) is 1.94. The molecule has 2 rings (SSSR count). The maximum absolute atomic E-state index is 11.3. The Labute approximate surface area is 94.5 Å². The van der Waals surface area contributed by atoms with Crippen molar-refractivity contribution in [2.75, 3.05) is 0 Å². The van der Waals surface area contributed by atoms with Gasteiger partial charge in [0.1, 0.15) is 5.82 Å². The van der Waals surface area contributed by atoms with Crippen LogP contribution >= 0.6 is 0 Å². The highest BCUT2D eigenvalue weighted by Crippen LogP contribution is 2.40. The quantitative estimate of drug-likeness (QED) is 0.820. The van der Waals surface area contributed by atoms with E-state index < -0.39 is 12.0 Å². The van der Waals surface area contributed by atoms with Crippen LogP contribution in [0, 0.1) is 5.92 Å². The fraction of sp³-hybridized carbons (Fsp3) is 0.727. The summed E-state index contributed by atoms with van der Waals surface area (Å²) in [5, 5.41) is 13.6. The lowest BCUT2D eigenvalue weighted by molar-refractivity contribution is -0.142. The largest absolute Gasteiger partial charge is 0.480 e. The lowest BCUT2D eigenvalue weighted by atomic mass is 10.2. The predicted octanol–water partition coefficient (Wildman–Crippen LogP) is 1.44. The van der Waals surface area contributed by atoms with E-state index in [1.54, 1.807) is 4.68 Å². The molecule has 16 heavy (non-hydrogen) atoms. The van der Waals surface area contributed by atoms with Gasteiger partial charge in [-0.3, -0.25) is 0 Å². The number of aliphatic carboxylic acids is 1. The minimum absolute atomic E-state index is 0.245. The van der Waals surface area contributed by atoms with Crippen LogP contribution in [-0.4, -0.2) is 25.8 Å². The summed E-state index contributed by atoms with van der Waals surface area (Å²) >= 11 is 0. The molecule has 1 saturated carbocycles. The summed E-state index contributed by atoms with van der Waals surface area (Å²) < 4.78 is 1.62. The number of carbonyl (C=O) groups is 1. The van der Waals surface area contributed by atoms with E-state index in [-0.39, 0.29) is 5.92 Å². The van der Waals surface area contributed by atoms with Crippen molar-refractivity contribution >= 4 is 5.97 Å². The number of carboxylic acid groups (broad SMARTS) is 1. The number of carboxylic acids is 1. The summed E-state index contributed by atoms with van der Waals surface area (Å²) in [6.45, 7) is 3.96. The first kappa shape index (κ1) is 11.1. The summed E-state index contributed by atoms with van der Waals surface area (Å²) in [4.78, 5) is 15.6. The van der Waals surface area contributed by atoms with Crippen LogP contribution in [0.5, 0.6) is 0 Å². The van der Waals surface area contributed by atoms with Gasteiger partial charge >= 0.3 is 5.97 Å². The van der Waals surface area contributed by atoms with Gasteiger partial charge in [-0.05, 0) is 18.8 Å². The molecule has 1 atom stereocenters. The minimum Gasteiger partial charge on any atom is -0.480 e. The molecule has 1 aliphatic carbocycles. The van der Waals surface area contributed by atoms with Gasteiger partial charge in [0.05, 0.1) is 0 Å². The molecule has 0 saturated heterocycles. The third kappa shape index (κ3) is 1.94. The second-order valence-electron chi connectivity index (χ2n) is 4.22. The van der Waals surface area contributed by atoms with Crippen LogP contribution in [0.2, 0.25) is 0 Å². The van der Waals surface area contributed by atoms with Crippen LogP contribution in [0.3, 0.4) is 0 Å². The molecule has 5 heteroatoms. The fourth-order valence-electron chi connectivity index (χ4n) is 1.94. The Morgan fingerprint density at radius 1 is 1.50 bits per heavy atom. The van der Waals surface area contributed by atoms with Crippen molar-refractivity contribution in [2.45, 2.75) is 45.6 Å². The number of hydrogen-bond donors (Lipinski definition) is 1. The zero-order valence-corrected chi connectivity index (χ0v) is 9.68. The monoisotopic (exact) mass is 223 g/mol. The van der Waals surface area contributed by atoms with E-state index >= 15 is 0 Å². The minimum atomic E-state index is -0.787. The van der Waals surface area contributed by atoms with Gasteiger partial charge in [-0.15, -0.1) is 0 Å². The van der Waals surface area contributed by atoms with Crippen molar-refractivity contribution in [3.05, 3.63) is 11.6 Å². The van der Waals surface area contributed by atoms with Crippen LogP contribution in [0.15, 0.2) is 0 Å². The first-order chi connectivity index (χ1) is 7.67. The first-order valence-electron chi connectivity index (χ1n) is 5.84. The average molecular weight is 223 g/mol. The molecule has 1 heterocycles. The van der Waals surface area contributed by atoms with Crippen LogP contribution in [-0.2, 0) is 17.6 Å². The molecule has 1 aromatic rings. The summed E-state index contributed by atoms with van der Waals surface area (Å²) in [5.74, 6) is 0.985. The number of nitrogens with zero attached hydrogens (tertiary/aromatic N) is 3. The third-order valence-corrected chi connectivity index (χ3v) is 2.96. The summed E-state index contributed by atoms with van der Waals surface area (Å²) in [6, 6.07) is -0.511. The zero-order valence-electron chi connectivity index (χ0n) is 9.68. The molecule has 1 aromatic heterocycles. The van der Waals surface area contributed by atoms with E-state index in [1.807, 2.05) is 13.8 Å². The van der Waals surface area contributed by atoms with E-state index in [4.69, 9.17) is 0 Å². The van der Waals surface area contributed by atoms with Gasteiger partial charge in [0, 0.05) is 12.8 Å².